The quantitative estimate of drug-likeness (QED) is 0.814. The van der Waals surface area contributed by atoms with E-state index in [-0.39, 0.29) is 5.97 Å². The summed E-state index contributed by atoms with van der Waals surface area (Å²) in [5, 5.41) is 6.53. The van der Waals surface area contributed by atoms with E-state index < -0.39 is 0 Å². The first-order chi connectivity index (χ1) is 9.19. The molecule has 2 rings (SSSR count). The van der Waals surface area contributed by atoms with E-state index in [9.17, 15) is 4.79 Å². The van der Waals surface area contributed by atoms with Gasteiger partial charge in [0.15, 0.2) is 5.13 Å². The molecule has 0 spiro atoms. The Hall–Kier alpha value is -1.10. The molecule has 1 aliphatic carbocycles. The van der Waals surface area contributed by atoms with E-state index in [1.807, 2.05) is 12.3 Å². The number of nitrogens with one attached hydrogen (secondary N) is 1. The first kappa shape index (κ1) is 14.3. The zero-order chi connectivity index (χ0) is 13.7. The third kappa shape index (κ3) is 4.20. The van der Waals surface area contributed by atoms with E-state index in [0.29, 0.717) is 25.5 Å². The number of nitrogens with zero attached hydrogens (tertiary/aromatic N) is 1. The van der Waals surface area contributed by atoms with Crippen LogP contribution in [-0.2, 0) is 16.0 Å². The molecule has 19 heavy (non-hydrogen) atoms. The van der Waals surface area contributed by atoms with E-state index in [1.54, 1.807) is 11.3 Å². The van der Waals surface area contributed by atoms with Gasteiger partial charge in [0.25, 0.3) is 0 Å². The van der Waals surface area contributed by atoms with Crippen molar-refractivity contribution in [3.05, 3.63) is 11.1 Å². The molecule has 1 saturated carbocycles. The highest BCUT2D eigenvalue weighted by atomic mass is 32.1. The average Bonchev–Trinajstić information content (AvgIpc) is 2.98. The highest BCUT2D eigenvalue weighted by Crippen LogP contribution is 2.29. The second kappa shape index (κ2) is 6.89. The Bertz CT molecular complexity index is 419. The first-order valence-electron chi connectivity index (χ1n) is 7.05. The van der Waals surface area contributed by atoms with E-state index in [0.717, 1.165) is 16.7 Å². The van der Waals surface area contributed by atoms with Crippen LogP contribution in [0, 0.1) is 5.92 Å². The molecule has 1 N–H and O–H groups in total. The summed E-state index contributed by atoms with van der Waals surface area (Å²) in [6, 6.07) is 0.559. The lowest BCUT2D eigenvalue weighted by Crippen LogP contribution is -2.21. The van der Waals surface area contributed by atoms with Gasteiger partial charge in [0.05, 0.1) is 18.7 Å². The van der Waals surface area contributed by atoms with Gasteiger partial charge in [0.1, 0.15) is 0 Å². The number of aromatic nitrogens is 1. The molecule has 2 unspecified atom stereocenters. The third-order valence-electron chi connectivity index (χ3n) is 3.61. The van der Waals surface area contributed by atoms with Gasteiger partial charge in [-0.05, 0) is 25.7 Å². The number of ether oxygens (including phenoxy) is 1. The highest BCUT2D eigenvalue weighted by molar-refractivity contribution is 7.13. The standard InChI is InChI=1S/C14H22N2O2S/c1-3-18-13(17)8-7-11-9-19-14(15-11)16-12-6-4-5-10(12)2/h9-10,12H,3-8H2,1-2H3,(H,15,16). The predicted octanol–water partition coefficient (Wildman–Crippen LogP) is 3.24. The van der Waals surface area contributed by atoms with Gasteiger partial charge >= 0.3 is 5.97 Å². The van der Waals surface area contributed by atoms with Crippen molar-refractivity contribution < 1.29 is 9.53 Å². The molecule has 5 heteroatoms. The Morgan fingerprint density at radius 3 is 3.11 bits per heavy atom. The number of esters is 1. The molecule has 0 radical (unpaired) electrons. The normalized spacial score (nSPS) is 22.4. The summed E-state index contributed by atoms with van der Waals surface area (Å²) in [4.78, 5) is 15.8. The fourth-order valence-corrected chi connectivity index (χ4v) is 3.28. The number of carbonyl (C=O) groups excluding carboxylic acids is 1. The topological polar surface area (TPSA) is 51.2 Å². The van der Waals surface area contributed by atoms with Crippen LogP contribution in [0.2, 0.25) is 0 Å². The monoisotopic (exact) mass is 282 g/mol. The van der Waals surface area contributed by atoms with Crippen LogP contribution in [-0.4, -0.2) is 23.6 Å². The molecule has 1 aliphatic rings. The van der Waals surface area contributed by atoms with Crippen LogP contribution < -0.4 is 5.32 Å². The number of hydrogen-bond acceptors (Lipinski definition) is 5. The number of carbonyl (C=O) groups is 1. The Balaban J connectivity index is 1.80. The fraction of sp³-hybridized carbons (Fsp3) is 0.714. The summed E-state index contributed by atoms with van der Waals surface area (Å²) in [6.45, 7) is 4.56. The van der Waals surface area contributed by atoms with E-state index in [4.69, 9.17) is 4.74 Å². The van der Waals surface area contributed by atoms with E-state index in [1.165, 1.54) is 19.3 Å². The Labute approximate surface area is 118 Å². The zero-order valence-electron chi connectivity index (χ0n) is 11.6. The van der Waals surface area contributed by atoms with Crippen molar-refractivity contribution in [2.45, 2.75) is 52.0 Å². The molecule has 106 valence electrons. The van der Waals surface area contributed by atoms with Gasteiger partial charge in [0, 0.05) is 17.8 Å². The van der Waals surface area contributed by atoms with Gasteiger partial charge in [-0.3, -0.25) is 4.79 Å². The second-order valence-electron chi connectivity index (χ2n) is 5.11. The largest absolute Gasteiger partial charge is 0.466 e. The van der Waals surface area contributed by atoms with Crippen LogP contribution in [0.3, 0.4) is 0 Å². The summed E-state index contributed by atoms with van der Waals surface area (Å²) < 4.78 is 4.91. The molecular weight excluding hydrogens is 260 g/mol. The molecule has 4 nitrogen and oxygen atoms in total. The smallest absolute Gasteiger partial charge is 0.306 e. The van der Waals surface area contributed by atoms with E-state index in [2.05, 4.69) is 17.2 Å². The SMILES string of the molecule is CCOC(=O)CCc1csc(NC2CCCC2C)n1. The van der Waals surface area contributed by atoms with E-state index >= 15 is 0 Å². The maximum atomic E-state index is 11.3. The molecule has 0 amide bonds. The maximum Gasteiger partial charge on any atom is 0.306 e. The highest BCUT2D eigenvalue weighted by Gasteiger charge is 2.23. The summed E-state index contributed by atoms with van der Waals surface area (Å²) >= 11 is 1.63. The predicted molar refractivity (Wildman–Crippen MR) is 77.5 cm³/mol. The fourth-order valence-electron chi connectivity index (χ4n) is 2.47. The minimum atomic E-state index is -0.144. The lowest BCUT2D eigenvalue weighted by molar-refractivity contribution is -0.143. The van der Waals surface area contributed by atoms with Crippen molar-refractivity contribution in [1.82, 2.24) is 4.98 Å². The molecule has 0 aliphatic heterocycles. The molecular formula is C14H22N2O2S. The van der Waals surface area contributed by atoms with Crippen LogP contribution in [0.25, 0.3) is 0 Å². The molecule has 1 heterocycles. The minimum Gasteiger partial charge on any atom is -0.466 e. The second-order valence-corrected chi connectivity index (χ2v) is 5.97. The first-order valence-corrected chi connectivity index (χ1v) is 7.93. The molecule has 0 bridgehead atoms. The van der Waals surface area contributed by atoms with Crippen LogP contribution in [0.4, 0.5) is 5.13 Å². The van der Waals surface area contributed by atoms with Crippen molar-refractivity contribution in [3.8, 4) is 0 Å². The molecule has 1 fully saturated rings. The van der Waals surface area contributed by atoms with Crippen LogP contribution >= 0.6 is 11.3 Å². The average molecular weight is 282 g/mol. The summed E-state index contributed by atoms with van der Waals surface area (Å²) in [5.74, 6) is 0.585. The Morgan fingerprint density at radius 1 is 1.58 bits per heavy atom. The van der Waals surface area contributed by atoms with Crippen LogP contribution in [0.1, 0.15) is 45.2 Å². The summed E-state index contributed by atoms with van der Waals surface area (Å²) in [5.41, 5.74) is 0.978. The minimum absolute atomic E-state index is 0.144. The number of hydrogen-bond donors (Lipinski definition) is 1. The van der Waals surface area contributed by atoms with Crippen molar-refractivity contribution >= 4 is 22.4 Å². The van der Waals surface area contributed by atoms with Gasteiger partial charge in [-0.1, -0.05) is 13.3 Å². The molecule has 0 aromatic carbocycles. The zero-order valence-corrected chi connectivity index (χ0v) is 12.5. The molecule has 1 aromatic rings. The lowest BCUT2D eigenvalue weighted by Gasteiger charge is -2.15. The van der Waals surface area contributed by atoms with Crippen molar-refractivity contribution in [2.75, 3.05) is 11.9 Å². The van der Waals surface area contributed by atoms with Crippen LogP contribution in [0.15, 0.2) is 5.38 Å². The van der Waals surface area contributed by atoms with Gasteiger partial charge in [-0.2, -0.15) is 0 Å². The van der Waals surface area contributed by atoms with Gasteiger partial charge < -0.3 is 10.1 Å². The van der Waals surface area contributed by atoms with Gasteiger partial charge in [-0.15, -0.1) is 11.3 Å². The molecule has 1 aromatic heterocycles. The Kier molecular flexibility index (Phi) is 5.19. The van der Waals surface area contributed by atoms with Crippen molar-refractivity contribution in [1.29, 1.82) is 0 Å². The van der Waals surface area contributed by atoms with Gasteiger partial charge in [0.2, 0.25) is 0 Å². The number of anilines is 1. The van der Waals surface area contributed by atoms with Crippen LogP contribution in [0.5, 0.6) is 0 Å². The van der Waals surface area contributed by atoms with Crippen molar-refractivity contribution in [2.24, 2.45) is 5.92 Å². The number of rotatable bonds is 6. The number of thiazole rings is 1. The molecule has 0 saturated heterocycles. The summed E-state index contributed by atoms with van der Waals surface area (Å²) in [7, 11) is 0. The third-order valence-corrected chi connectivity index (χ3v) is 4.44. The molecule has 2 atom stereocenters. The van der Waals surface area contributed by atoms with Gasteiger partial charge in [-0.25, -0.2) is 4.98 Å². The summed E-state index contributed by atoms with van der Waals surface area (Å²) in [6.07, 6.45) is 4.92. The number of aryl methyl sites for hydroxylation is 1. The maximum absolute atomic E-state index is 11.3. The van der Waals surface area contributed by atoms with Crippen molar-refractivity contribution in [3.63, 3.8) is 0 Å². The lowest BCUT2D eigenvalue weighted by atomic mass is 10.1. The Morgan fingerprint density at radius 2 is 2.42 bits per heavy atom.